The lowest BCUT2D eigenvalue weighted by Gasteiger charge is -2.16. The Morgan fingerprint density at radius 3 is 2.62 bits per heavy atom. The van der Waals surface area contributed by atoms with Gasteiger partial charge < -0.3 is 5.32 Å². The van der Waals surface area contributed by atoms with Gasteiger partial charge in [0.05, 0.1) is 9.83 Å². The smallest absolute Gasteiger partial charge is 0.234 e. The summed E-state index contributed by atoms with van der Waals surface area (Å²) in [5.74, 6) is 1.07. The summed E-state index contributed by atoms with van der Waals surface area (Å²) in [6, 6.07) is 4.21. The van der Waals surface area contributed by atoms with Crippen LogP contribution in [0.1, 0.15) is 37.0 Å². The zero-order chi connectivity index (χ0) is 15.4. The molecule has 0 aliphatic heterocycles. The SMILES string of the molecule is CCC(Nc1nc(C)nc(NC(C)=O)n1)c1ccc(Br)s1. The number of rotatable bonds is 5. The first-order valence-electron chi connectivity index (χ1n) is 6.50. The predicted molar refractivity (Wildman–Crippen MR) is 87.5 cm³/mol. The molecule has 2 rings (SSSR count). The number of carbonyl (C=O) groups is 1. The molecule has 2 aromatic rings. The number of nitrogens with one attached hydrogen (secondary N) is 2. The fourth-order valence-electron chi connectivity index (χ4n) is 1.81. The number of halogens is 1. The molecule has 0 aliphatic carbocycles. The minimum atomic E-state index is -0.208. The number of hydrogen-bond donors (Lipinski definition) is 2. The normalized spacial score (nSPS) is 12.0. The highest BCUT2D eigenvalue weighted by Gasteiger charge is 2.14. The first-order chi connectivity index (χ1) is 9.97. The van der Waals surface area contributed by atoms with E-state index in [9.17, 15) is 4.79 Å². The van der Waals surface area contributed by atoms with Gasteiger partial charge >= 0.3 is 0 Å². The molecule has 112 valence electrons. The average Bonchev–Trinajstić information content (AvgIpc) is 2.81. The molecule has 1 unspecified atom stereocenters. The van der Waals surface area contributed by atoms with Crippen LogP contribution in [0.5, 0.6) is 0 Å². The van der Waals surface area contributed by atoms with Crippen LogP contribution in [0.2, 0.25) is 0 Å². The van der Waals surface area contributed by atoms with E-state index in [-0.39, 0.29) is 17.9 Å². The quantitative estimate of drug-likeness (QED) is 0.842. The zero-order valence-corrected chi connectivity index (χ0v) is 14.4. The van der Waals surface area contributed by atoms with Crippen molar-refractivity contribution in [3.63, 3.8) is 0 Å². The van der Waals surface area contributed by atoms with Gasteiger partial charge in [-0.15, -0.1) is 11.3 Å². The molecule has 0 saturated heterocycles. The van der Waals surface area contributed by atoms with Crippen molar-refractivity contribution in [2.75, 3.05) is 10.6 Å². The molecule has 2 N–H and O–H groups in total. The molecule has 8 heteroatoms. The minimum absolute atomic E-state index is 0.119. The van der Waals surface area contributed by atoms with Crippen molar-refractivity contribution in [3.8, 4) is 0 Å². The fourth-order valence-corrected chi connectivity index (χ4v) is 3.36. The topological polar surface area (TPSA) is 79.8 Å². The largest absolute Gasteiger partial charge is 0.346 e. The molecular weight excluding hydrogens is 354 g/mol. The Morgan fingerprint density at radius 1 is 1.33 bits per heavy atom. The van der Waals surface area contributed by atoms with Gasteiger partial charge in [-0.05, 0) is 41.4 Å². The second-order valence-electron chi connectivity index (χ2n) is 4.46. The Kier molecular flexibility index (Phi) is 5.24. The van der Waals surface area contributed by atoms with Crippen LogP contribution in [-0.2, 0) is 4.79 Å². The van der Waals surface area contributed by atoms with E-state index in [2.05, 4.69) is 54.5 Å². The van der Waals surface area contributed by atoms with Gasteiger partial charge in [0.15, 0.2) is 0 Å². The molecule has 2 aromatic heterocycles. The minimum Gasteiger partial charge on any atom is -0.346 e. The van der Waals surface area contributed by atoms with Crippen LogP contribution in [0.25, 0.3) is 0 Å². The van der Waals surface area contributed by atoms with Gasteiger partial charge in [0.2, 0.25) is 17.8 Å². The van der Waals surface area contributed by atoms with E-state index >= 15 is 0 Å². The lowest BCUT2D eigenvalue weighted by atomic mass is 10.2. The maximum Gasteiger partial charge on any atom is 0.234 e. The standard InChI is InChI=1S/C13H16BrN5OS/c1-4-9(10-5-6-11(14)21-10)18-13-16-7(2)15-12(19-13)17-8(3)20/h5-6,9H,4H2,1-3H3,(H2,15,16,17,18,19,20). The van der Waals surface area contributed by atoms with Crippen molar-refractivity contribution in [3.05, 3.63) is 26.6 Å². The van der Waals surface area contributed by atoms with Gasteiger partial charge in [0, 0.05) is 11.8 Å². The number of hydrogen-bond acceptors (Lipinski definition) is 6. The highest BCUT2D eigenvalue weighted by atomic mass is 79.9. The van der Waals surface area contributed by atoms with E-state index in [4.69, 9.17) is 0 Å². The summed E-state index contributed by atoms with van der Waals surface area (Å²) in [6.07, 6.45) is 0.896. The molecule has 0 bridgehead atoms. The second-order valence-corrected chi connectivity index (χ2v) is 6.95. The summed E-state index contributed by atoms with van der Waals surface area (Å²) in [5, 5.41) is 5.86. The summed E-state index contributed by atoms with van der Waals surface area (Å²) in [7, 11) is 0. The highest BCUT2D eigenvalue weighted by molar-refractivity contribution is 9.11. The van der Waals surface area contributed by atoms with Gasteiger partial charge in [-0.25, -0.2) is 0 Å². The van der Waals surface area contributed by atoms with Crippen molar-refractivity contribution in [1.82, 2.24) is 15.0 Å². The van der Waals surface area contributed by atoms with Crippen molar-refractivity contribution in [2.24, 2.45) is 0 Å². The third-order valence-corrected chi connectivity index (χ3v) is 4.42. The van der Waals surface area contributed by atoms with Crippen molar-refractivity contribution >= 4 is 45.1 Å². The van der Waals surface area contributed by atoms with Crippen molar-refractivity contribution in [2.45, 2.75) is 33.2 Å². The Hall–Kier alpha value is -1.54. The summed E-state index contributed by atoms with van der Waals surface area (Å²) in [5.41, 5.74) is 0. The molecular formula is C13H16BrN5OS. The number of carbonyl (C=O) groups excluding carboxylic acids is 1. The predicted octanol–water partition coefficient (Wildman–Crippen LogP) is 3.53. The summed E-state index contributed by atoms with van der Waals surface area (Å²) in [6.45, 7) is 5.28. The Labute approximate surface area is 135 Å². The second kappa shape index (κ2) is 6.95. The Balaban J connectivity index is 2.20. The molecule has 1 atom stereocenters. The van der Waals surface area contributed by atoms with Gasteiger partial charge in [0.1, 0.15) is 5.82 Å². The van der Waals surface area contributed by atoms with Crippen molar-refractivity contribution in [1.29, 1.82) is 0 Å². The molecule has 0 saturated carbocycles. The molecule has 0 fully saturated rings. The molecule has 0 spiro atoms. The third-order valence-electron chi connectivity index (χ3n) is 2.68. The fraction of sp³-hybridized carbons (Fsp3) is 0.385. The van der Waals surface area contributed by atoms with Crippen LogP contribution in [-0.4, -0.2) is 20.9 Å². The maximum atomic E-state index is 11.1. The number of anilines is 2. The first-order valence-corrected chi connectivity index (χ1v) is 8.11. The molecule has 6 nitrogen and oxygen atoms in total. The van der Waals surface area contributed by atoms with Crippen LogP contribution >= 0.6 is 27.3 Å². The van der Waals surface area contributed by atoms with E-state index in [0.29, 0.717) is 11.8 Å². The molecule has 1 amide bonds. The first kappa shape index (κ1) is 15.8. The third kappa shape index (κ3) is 4.47. The zero-order valence-electron chi connectivity index (χ0n) is 12.0. The van der Waals surface area contributed by atoms with Crippen LogP contribution in [0.3, 0.4) is 0 Å². The number of aromatic nitrogens is 3. The van der Waals surface area contributed by atoms with Gasteiger partial charge in [-0.1, -0.05) is 6.92 Å². The Morgan fingerprint density at radius 2 is 2.05 bits per heavy atom. The molecule has 0 aliphatic rings. The Bertz CT molecular complexity index is 645. The van der Waals surface area contributed by atoms with Gasteiger partial charge in [-0.2, -0.15) is 15.0 Å². The number of amides is 1. The summed E-state index contributed by atoms with van der Waals surface area (Å²) < 4.78 is 1.09. The van der Waals surface area contributed by atoms with Crippen LogP contribution in [0, 0.1) is 6.92 Å². The van der Waals surface area contributed by atoms with E-state index in [1.165, 1.54) is 11.8 Å². The van der Waals surface area contributed by atoms with Crippen molar-refractivity contribution < 1.29 is 4.79 Å². The van der Waals surface area contributed by atoms with Gasteiger partial charge in [-0.3, -0.25) is 10.1 Å². The molecule has 0 radical (unpaired) electrons. The lowest BCUT2D eigenvalue weighted by Crippen LogP contribution is -2.15. The molecule has 2 heterocycles. The van der Waals surface area contributed by atoms with Crippen LogP contribution in [0.4, 0.5) is 11.9 Å². The average molecular weight is 370 g/mol. The monoisotopic (exact) mass is 369 g/mol. The van der Waals surface area contributed by atoms with E-state index < -0.39 is 0 Å². The van der Waals surface area contributed by atoms with E-state index in [0.717, 1.165) is 10.2 Å². The number of thiophene rings is 1. The molecule has 0 aromatic carbocycles. The van der Waals surface area contributed by atoms with E-state index in [1.54, 1.807) is 18.3 Å². The van der Waals surface area contributed by atoms with Crippen LogP contribution < -0.4 is 10.6 Å². The number of nitrogens with zero attached hydrogens (tertiary/aromatic N) is 3. The van der Waals surface area contributed by atoms with Gasteiger partial charge in [0.25, 0.3) is 0 Å². The molecule has 21 heavy (non-hydrogen) atoms. The van der Waals surface area contributed by atoms with E-state index in [1.807, 2.05) is 6.07 Å². The summed E-state index contributed by atoms with van der Waals surface area (Å²) >= 11 is 5.14. The van der Waals surface area contributed by atoms with Crippen LogP contribution in [0.15, 0.2) is 15.9 Å². The number of aryl methyl sites for hydroxylation is 1. The lowest BCUT2D eigenvalue weighted by molar-refractivity contribution is -0.114. The highest BCUT2D eigenvalue weighted by Crippen LogP contribution is 2.30. The summed E-state index contributed by atoms with van der Waals surface area (Å²) in [4.78, 5) is 24.9. The maximum absolute atomic E-state index is 11.1.